The first-order valence-electron chi connectivity index (χ1n) is 6.44. The van der Waals surface area contributed by atoms with Crippen LogP contribution in [0.15, 0.2) is 59.5 Å². The maximum atomic E-state index is 13.2. The lowest BCUT2D eigenvalue weighted by Crippen LogP contribution is -2.45. The van der Waals surface area contributed by atoms with Crippen LogP contribution >= 0.6 is 11.8 Å². The van der Waals surface area contributed by atoms with Crippen molar-refractivity contribution in [3.8, 4) is 0 Å². The molecule has 1 atom stereocenters. The summed E-state index contributed by atoms with van der Waals surface area (Å²) in [4.78, 5) is 0.856. The molecule has 20 heavy (non-hydrogen) atoms. The zero-order chi connectivity index (χ0) is 14.4. The number of likely N-dealkylation sites (N-methyl/N-ethyl adjacent to an activating group) is 1. The molecule has 106 valence electrons. The smallest absolute Gasteiger partial charge is 0.124 e. The van der Waals surface area contributed by atoms with Crippen molar-refractivity contribution in [1.82, 2.24) is 5.32 Å². The second-order valence-electron chi connectivity index (χ2n) is 4.60. The van der Waals surface area contributed by atoms with Crippen LogP contribution in [-0.4, -0.2) is 24.5 Å². The molecule has 2 aromatic carbocycles. The maximum absolute atomic E-state index is 13.2. The Morgan fingerprint density at radius 3 is 2.50 bits per heavy atom. The van der Waals surface area contributed by atoms with E-state index in [0.717, 1.165) is 10.5 Å². The Hall–Kier alpha value is -1.36. The Kier molecular flexibility index (Phi) is 5.17. The minimum Gasteiger partial charge on any atom is -0.394 e. The fourth-order valence-electron chi connectivity index (χ4n) is 2.04. The van der Waals surface area contributed by atoms with Crippen molar-refractivity contribution in [3.63, 3.8) is 0 Å². The Morgan fingerprint density at radius 2 is 1.90 bits per heavy atom. The molecule has 2 N–H and O–H groups in total. The molecule has 0 heterocycles. The summed E-state index contributed by atoms with van der Waals surface area (Å²) in [6.07, 6.45) is 0. The van der Waals surface area contributed by atoms with E-state index in [1.165, 1.54) is 23.9 Å². The van der Waals surface area contributed by atoms with Crippen LogP contribution in [0.4, 0.5) is 4.39 Å². The molecule has 1 unspecified atom stereocenters. The highest BCUT2D eigenvalue weighted by molar-refractivity contribution is 7.99. The first-order chi connectivity index (χ1) is 9.70. The van der Waals surface area contributed by atoms with E-state index in [0.29, 0.717) is 5.75 Å². The summed E-state index contributed by atoms with van der Waals surface area (Å²) in [7, 11) is 1.83. The zero-order valence-electron chi connectivity index (χ0n) is 11.3. The van der Waals surface area contributed by atoms with Crippen LogP contribution in [0.1, 0.15) is 5.56 Å². The minimum atomic E-state index is -0.530. The molecule has 0 amide bonds. The van der Waals surface area contributed by atoms with E-state index in [9.17, 15) is 9.50 Å². The van der Waals surface area contributed by atoms with Crippen molar-refractivity contribution < 1.29 is 9.50 Å². The van der Waals surface area contributed by atoms with E-state index in [2.05, 4.69) is 5.32 Å². The molecule has 2 rings (SSSR count). The van der Waals surface area contributed by atoms with E-state index in [4.69, 9.17) is 0 Å². The summed E-state index contributed by atoms with van der Waals surface area (Å²) in [5.74, 6) is 0.377. The van der Waals surface area contributed by atoms with Gasteiger partial charge in [-0.05, 0) is 30.8 Å². The van der Waals surface area contributed by atoms with Gasteiger partial charge in [-0.1, -0.05) is 36.4 Å². The van der Waals surface area contributed by atoms with Gasteiger partial charge in [-0.15, -0.1) is 11.8 Å². The second-order valence-corrected chi connectivity index (χ2v) is 5.65. The van der Waals surface area contributed by atoms with Crippen molar-refractivity contribution in [3.05, 3.63) is 66.0 Å². The molecule has 0 bridgehead atoms. The third-order valence-electron chi connectivity index (χ3n) is 3.36. The number of nitrogens with one attached hydrogen (secondary N) is 1. The summed E-state index contributed by atoms with van der Waals surface area (Å²) >= 11 is 1.52. The van der Waals surface area contributed by atoms with Crippen molar-refractivity contribution in [2.45, 2.75) is 10.4 Å². The lowest BCUT2D eigenvalue weighted by molar-refractivity contribution is 0.187. The number of hydrogen-bond donors (Lipinski definition) is 2. The predicted molar refractivity (Wildman–Crippen MR) is 81.4 cm³/mol. The van der Waals surface area contributed by atoms with Gasteiger partial charge in [0, 0.05) is 10.6 Å². The summed E-state index contributed by atoms with van der Waals surface area (Å²) in [5, 5.41) is 13.0. The largest absolute Gasteiger partial charge is 0.394 e. The molecule has 0 radical (unpaired) electrons. The van der Waals surface area contributed by atoms with Gasteiger partial charge in [0.25, 0.3) is 0 Å². The monoisotopic (exact) mass is 291 g/mol. The molecule has 2 nitrogen and oxygen atoms in total. The molecule has 0 aromatic heterocycles. The highest BCUT2D eigenvalue weighted by Gasteiger charge is 2.29. The highest BCUT2D eigenvalue weighted by atomic mass is 32.2. The van der Waals surface area contributed by atoms with Crippen LogP contribution in [0.25, 0.3) is 0 Å². The maximum Gasteiger partial charge on any atom is 0.124 e. The summed E-state index contributed by atoms with van der Waals surface area (Å²) < 4.78 is 13.2. The standard InChI is InChI=1S/C16H18FNOS/c1-18-16(11-19,13-6-3-2-4-7-13)12-20-15-9-5-8-14(17)10-15/h2-10,18-19H,11-12H2,1H3. The number of benzene rings is 2. The number of halogens is 1. The van der Waals surface area contributed by atoms with Gasteiger partial charge in [0.2, 0.25) is 0 Å². The molecule has 0 fully saturated rings. The molecule has 0 saturated carbocycles. The minimum absolute atomic E-state index is 0.0180. The lowest BCUT2D eigenvalue weighted by Gasteiger charge is -2.32. The molecule has 0 aliphatic rings. The quantitative estimate of drug-likeness (QED) is 0.802. The van der Waals surface area contributed by atoms with Crippen LogP contribution in [-0.2, 0) is 5.54 Å². The van der Waals surface area contributed by atoms with E-state index < -0.39 is 5.54 Å². The summed E-state index contributed by atoms with van der Waals surface area (Å²) in [6.45, 7) is -0.0180. The van der Waals surface area contributed by atoms with Crippen molar-refractivity contribution in [2.75, 3.05) is 19.4 Å². The number of aliphatic hydroxyl groups excluding tert-OH is 1. The van der Waals surface area contributed by atoms with Crippen molar-refractivity contribution in [1.29, 1.82) is 0 Å². The highest BCUT2D eigenvalue weighted by Crippen LogP contribution is 2.29. The molecular formula is C16H18FNOS. The van der Waals surface area contributed by atoms with Gasteiger partial charge in [0.05, 0.1) is 12.1 Å². The first-order valence-corrected chi connectivity index (χ1v) is 7.42. The first kappa shape index (κ1) is 15.0. The van der Waals surface area contributed by atoms with Crippen molar-refractivity contribution in [2.24, 2.45) is 0 Å². The number of thioether (sulfide) groups is 1. The van der Waals surface area contributed by atoms with Crippen LogP contribution in [0.5, 0.6) is 0 Å². The van der Waals surface area contributed by atoms with Gasteiger partial charge in [0.1, 0.15) is 5.82 Å². The summed E-state index contributed by atoms with van der Waals surface area (Å²) in [5.41, 5.74) is 0.493. The third kappa shape index (κ3) is 3.39. The SMILES string of the molecule is CNC(CO)(CSc1cccc(F)c1)c1ccccc1. The van der Waals surface area contributed by atoms with Crippen LogP contribution in [0.3, 0.4) is 0 Å². The van der Waals surface area contributed by atoms with Crippen LogP contribution in [0, 0.1) is 5.82 Å². The molecule has 0 aliphatic carbocycles. The Morgan fingerprint density at radius 1 is 1.15 bits per heavy atom. The number of hydrogen-bond acceptors (Lipinski definition) is 3. The lowest BCUT2D eigenvalue weighted by atomic mass is 9.93. The Labute approximate surface area is 123 Å². The van der Waals surface area contributed by atoms with E-state index in [-0.39, 0.29) is 12.4 Å². The van der Waals surface area contributed by atoms with Gasteiger partial charge < -0.3 is 10.4 Å². The van der Waals surface area contributed by atoms with Gasteiger partial charge in [0.15, 0.2) is 0 Å². The molecule has 4 heteroatoms. The van der Waals surface area contributed by atoms with Crippen LogP contribution < -0.4 is 5.32 Å². The van der Waals surface area contributed by atoms with E-state index in [1.807, 2.05) is 43.4 Å². The fourth-order valence-corrected chi connectivity index (χ4v) is 3.22. The molecule has 0 saturated heterocycles. The Bertz CT molecular complexity index is 543. The molecule has 2 aromatic rings. The third-order valence-corrected chi connectivity index (χ3v) is 4.58. The van der Waals surface area contributed by atoms with Gasteiger partial charge in [-0.3, -0.25) is 0 Å². The molecule has 0 spiro atoms. The summed E-state index contributed by atoms with van der Waals surface area (Å²) in [6, 6.07) is 16.3. The average molecular weight is 291 g/mol. The van der Waals surface area contributed by atoms with E-state index >= 15 is 0 Å². The average Bonchev–Trinajstić information content (AvgIpc) is 2.50. The van der Waals surface area contributed by atoms with Crippen molar-refractivity contribution >= 4 is 11.8 Å². The second kappa shape index (κ2) is 6.88. The number of rotatable bonds is 6. The molecule has 0 aliphatic heterocycles. The van der Waals surface area contributed by atoms with E-state index in [1.54, 1.807) is 6.07 Å². The normalized spacial score (nSPS) is 13.9. The van der Waals surface area contributed by atoms with Gasteiger partial charge >= 0.3 is 0 Å². The predicted octanol–water partition coefficient (Wildman–Crippen LogP) is 3.03. The van der Waals surface area contributed by atoms with Gasteiger partial charge in [-0.2, -0.15) is 0 Å². The van der Waals surface area contributed by atoms with Gasteiger partial charge in [-0.25, -0.2) is 4.39 Å². The molecular weight excluding hydrogens is 273 g/mol. The van der Waals surface area contributed by atoms with Crippen LogP contribution in [0.2, 0.25) is 0 Å². The zero-order valence-corrected chi connectivity index (χ0v) is 12.2. The number of aliphatic hydroxyl groups is 1. The Balaban J connectivity index is 2.18. The fraction of sp³-hybridized carbons (Fsp3) is 0.250. The topological polar surface area (TPSA) is 32.3 Å².